The maximum atomic E-state index is 10.7. The van der Waals surface area contributed by atoms with Gasteiger partial charge < -0.3 is 10.6 Å². The standard InChI is InChI=1S/C13H19N3O2/c1-10-9-12(4-5-13(10)16(17)18)15-8-6-11-3-2-7-14-11/h4-5,9,11,14-15H,2-3,6-8H2,1H3/t11-/m1/s1. The molecule has 1 aliphatic heterocycles. The fraction of sp³-hybridized carbons (Fsp3) is 0.538. The summed E-state index contributed by atoms with van der Waals surface area (Å²) < 4.78 is 0. The quantitative estimate of drug-likeness (QED) is 0.621. The Kier molecular flexibility index (Phi) is 4.15. The molecule has 0 radical (unpaired) electrons. The second-order valence-corrected chi connectivity index (χ2v) is 4.77. The van der Waals surface area contributed by atoms with Gasteiger partial charge in [0.25, 0.3) is 5.69 Å². The Balaban J connectivity index is 1.85. The van der Waals surface area contributed by atoms with Gasteiger partial charge in [-0.05, 0) is 44.9 Å². The Bertz CT molecular complexity index is 428. The highest BCUT2D eigenvalue weighted by Gasteiger charge is 2.13. The van der Waals surface area contributed by atoms with Crippen LogP contribution >= 0.6 is 0 Å². The third kappa shape index (κ3) is 3.20. The van der Waals surface area contributed by atoms with Crippen molar-refractivity contribution in [3.63, 3.8) is 0 Å². The van der Waals surface area contributed by atoms with Gasteiger partial charge in [0, 0.05) is 29.9 Å². The monoisotopic (exact) mass is 249 g/mol. The molecule has 0 spiro atoms. The number of nitro benzene ring substituents is 1. The van der Waals surface area contributed by atoms with E-state index in [-0.39, 0.29) is 10.6 Å². The predicted molar refractivity (Wildman–Crippen MR) is 72.0 cm³/mol. The van der Waals surface area contributed by atoms with E-state index >= 15 is 0 Å². The number of nitro groups is 1. The number of anilines is 1. The second kappa shape index (κ2) is 5.82. The van der Waals surface area contributed by atoms with Gasteiger partial charge in [-0.15, -0.1) is 0 Å². The minimum Gasteiger partial charge on any atom is -0.385 e. The van der Waals surface area contributed by atoms with E-state index in [0.29, 0.717) is 11.6 Å². The fourth-order valence-corrected chi connectivity index (χ4v) is 2.36. The van der Waals surface area contributed by atoms with Crippen LogP contribution in [-0.2, 0) is 0 Å². The first-order chi connectivity index (χ1) is 8.66. The maximum Gasteiger partial charge on any atom is 0.272 e. The van der Waals surface area contributed by atoms with Crippen LogP contribution in [0.3, 0.4) is 0 Å². The van der Waals surface area contributed by atoms with Crippen molar-refractivity contribution in [2.24, 2.45) is 0 Å². The first-order valence-electron chi connectivity index (χ1n) is 6.39. The summed E-state index contributed by atoms with van der Waals surface area (Å²) in [5.74, 6) is 0. The Labute approximate surface area is 107 Å². The molecule has 0 aliphatic carbocycles. The van der Waals surface area contributed by atoms with Gasteiger partial charge in [-0.2, -0.15) is 0 Å². The van der Waals surface area contributed by atoms with Gasteiger partial charge in [-0.1, -0.05) is 0 Å². The lowest BCUT2D eigenvalue weighted by molar-refractivity contribution is -0.385. The van der Waals surface area contributed by atoms with Gasteiger partial charge in [0.2, 0.25) is 0 Å². The second-order valence-electron chi connectivity index (χ2n) is 4.77. The normalized spacial score (nSPS) is 18.8. The van der Waals surface area contributed by atoms with Crippen LogP contribution in [0.15, 0.2) is 18.2 Å². The first-order valence-corrected chi connectivity index (χ1v) is 6.39. The highest BCUT2D eigenvalue weighted by atomic mass is 16.6. The summed E-state index contributed by atoms with van der Waals surface area (Å²) >= 11 is 0. The van der Waals surface area contributed by atoms with E-state index in [4.69, 9.17) is 0 Å². The van der Waals surface area contributed by atoms with E-state index < -0.39 is 0 Å². The Hall–Kier alpha value is -1.62. The highest BCUT2D eigenvalue weighted by Crippen LogP contribution is 2.21. The molecule has 0 aromatic heterocycles. The van der Waals surface area contributed by atoms with Crippen molar-refractivity contribution in [2.75, 3.05) is 18.4 Å². The van der Waals surface area contributed by atoms with Crippen LogP contribution in [0.25, 0.3) is 0 Å². The van der Waals surface area contributed by atoms with Gasteiger partial charge in [0.05, 0.1) is 4.92 Å². The Morgan fingerprint density at radius 1 is 1.56 bits per heavy atom. The van der Waals surface area contributed by atoms with Crippen molar-refractivity contribution in [3.8, 4) is 0 Å². The van der Waals surface area contributed by atoms with Crippen molar-refractivity contribution in [2.45, 2.75) is 32.2 Å². The molecule has 5 heteroatoms. The van der Waals surface area contributed by atoms with Gasteiger partial charge in [-0.25, -0.2) is 0 Å². The van der Waals surface area contributed by atoms with E-state index in [0.717, 1.165) is 25.2 Å². The van der Waals surface area contributed by atoms with Gasteiger partial charge in [-0.3, -0.25) is 10.1 Å². The van der Waals surface area contributed by atoms with Crippen molar-refractivity contribution in [1.29, 1.82) is 0 Å². The molecule has 0 bridgehead atoms. The SMILES string of the molecule is Cc1cc(NCC[C@H]2CCCN2)ccc1[N+](=O)[O-]. The zero-order valence-corrected chi connectivity index (χ0v) is 10.6. The van der Waals surface area contributed by atoms with Crippen molar-refractivity contribution in [3.05, 3.63) is 33.9 Å². The largest absolute Gasteiger partial charge is 0.385 e. The number of hydrogen-bond donors (Lipinski definition) is 2. The number of rotatable bonds is 5. The van der Waals surface area contributed by atoms with Gasteiger partial charge >= 0.3 is 0 Å². The number of benzene rings is 1. The molecular weight excluding hydrogens is 230 g/mol. The molecule has 1 aromatic rings. The van der Waals surface area contributed by atoms with Crippen LogP contribution in [0.5, 0.6) is 0 Å². The van der Waals surface area contributed by atoms with Crippen molar-refractivity contribution in [1.82, 2.24) is 5.32 Å². The molecule has 0 saturated carbocycles. The van der Waals surface area contributed by atoms with Crippen LogP contribution in [-0.4, -0.2) is 24.1 Å². The van der Waals surface area contributed by atoms with Crippen LogP contribution in [0.4, 0.5) is 11.4 Å². The molecule has 1 aromatic carbocycles. The lowest BCUT2D eigenvalue weighted by Gasteiger charge is -2.12. The molecule has 0 amide bonds. The minimum atomic E-state index is -0.346. The molecule has 1 fully saturated rings. The lowest BCUT2D eigenvalue weighted by atomic mass is 10.1. The predicted octanol–water partition coefficient (Wildman–Crippen LogP) is 2.46. The zero-order valence-electron chi connectivity index (χ0n) is 10.6. The van der Waals surface area contributed by atoms with Gasteiger partial charge in [0.1, 0.15) is 0 Å². The zero-order chi connectivity index (χ0) is 13.0. The summed E-state index contributed by atoms with van der Waals surface area (Å²) in [6.07, 6.45) is 3.61. The number of hydrogen-bond acceptors (Lipinski definition) is 4. The average molecular weight is 249 g/mol. The molecule has 5 nitrogen and oxygen atoms in total. The van der Waals surface area contributed by atoms with Gasteiger partial charge in [0.15, 0.2) is 0 Å². The summed E-state index contributed by atoms with van der Waals surface area (Å²) in [4.78, 5) is 10.4. The minimum absolute atomic E-state index is 0.179. The average Bonchev–Trinajstić information content (AvgIpc) is 2.81. The molecule has 1 heterocycles. The Morgan fingerprint density at radius 3 is 3.00 bits per heavy atom. The molecule has 1 atom stereocenters. The summed E-state index contributed by atoms with van der Waals surface area (Å²) in [7, 11) is 0. The summed E-state index contributed by atoms with van der Waals surface area (Å²) in [6, 6.07) is 5.79. The van der Waals surface area contributed by atoms with E-state index in [1.54, 1.807) is 19.1 Å². The van der Waals surface area contributed by atoms with Crippen LogP contribution in [0, 0.1) is 17.0 Å². The number of nitrogens with one attached hydrogen (secondary N) is 2. The highest BCUT2D eigenvalue weighted by molar-refractivity contribution is 5.53. The Morgan fingerprint density at radius 2 is 2.39 bits per heavy atom. The topological polar surface area (TPSA) is 67.2 Å². The number of nitrogens with zero attached hydrogens (tertiary/aromatic N) is 1. The molecule has 98 valence electrons. The first kappa shape index (κ1) is 12.8. The third-order valence-electron chi connectivity index (χ3n) is 3.38. The molecular formula is C13H19N3O2. The third-order valence-corrected chi connectivity index (χ3v) is 3.38. The number of aryl methyl sites for hydroxylation is 1. The van der Waals surface area contributed by atoms with E-state index in [1.807, 2.05) is 6.07 Å². The van der Waals surface area contributed by atoms with E-state index in [9.17, 15) is 10.1 Å². The summed E-state index contributed by atoms with van der Waals surface area (Å²) in [5, 5.41) is 17.5. The van der Waals surface area contributed by atoms with Crippen LogP contribution in [0.1, 0.15) is 24.8 Å². The van der Waals surface area contributed by atoms with Crippen LogP contribution in [0.2, 0.25) is 0 Å². The smallest absolute Gasteiger partial charge is 0.272 e. The fourth-order valence-electron chi connectivity index (χ4n) is 2.36. The summed E-state index contributed by atoms with van der Waals surface area (Å²) in [5.41, 5.74) is 1.83. The van der Waals surface area contributed by atoms with E-state index in [1.165, 1.54) is 12.8 Å². The lowest BCUT2D eigenvalue weighted by Crippen LogP contribution is -2.24. The van der Waals surface area contributed by atoms with E-state index in [2.05, 4.69) is 10.6 Å². The maximum absolute atomic E-state index is 10.7. The molecule has 0 unspecified atom stereocenters. The van der Waals surface area contributed by atoms with Crippen LogP contribution < -0.4 is 10.6 Å². The van der Waals surface area contributed by atoms with Crippen molar-refractivity contribution >= 4 is 11.4 Å². The van der Waals surface area contributed by atoms with Crippen molar-refractivity contribution < 1.29 is 4.92 Å². The molecule has 18 heavy (non-hydrogen) atoms. The molecule has 1 aliphatic rings. The summed E-state index contributed by atoms with van der Waals surface area (Å²) in [6.45, 7) is 3.79. The molecule has 1 saturated heterocycles. The molecule has 2 N–H and O–H groups in total. The molecule has 2 rings (SSSR count).